The van der Waals surface area contributed by atoms with Gasteiger partial charge in [0, 0.05) is 18.3 Å². The molecule has 2 nitrogen and oxygen atoms in total. The Kier molecular flexibility index (Phi) is 6.12. The maximum absolute atomic E-state index is 13.5. The normalized spacial score (nSPS) is 21.5. The van der Waals surface area contributed by atoms with Crippen LogP contribution in [-0.4, -0.2) is 12.9 Å². The van der Waals surface area contributed by atoms with E-state index in [1.165, 1.54) is 59.6 Å². The van der Waals surface area contributed by atoms with Crippen molar-refractivity contribution in [1.29, 1.82) is 0 Å². The molecule has 32 heavy (non-hydrogen) atoms. The number of hydrogen-bond acceptors (Lipinski definition) is 2. The zero-order valence-electron chi connectivity index (χ0n) is 18.9. The van der Waals surface area contributed by atoms with Crippen molar-refractivity contribution in [1.82, 2.24) is 0 Å². The number of carbonyl (C=O) groups is 1. The summed E-state index contributed by atoms with van der Waals surface area (Å²) in [5, 5.41) is 2.51. The topological polar surface area (TPSA) is 26.3 Å². The van der Waals surface area contributed by atoms with Crippen LogP contribution in [0.3, 0.4) is 0 Å². The summed E-state index contributed by atoms with van der Waals surface area (Å²) in [7, 11) is 1.69. The van der Waals surface area contributed by atoms with Gasteiger partial charge in [-0.1, -0.05) is 86.7 Å². The molecule has 3 aromatic carbocycles. The third-order valence-corrected chi connectivity index (χ3v) is 7.50. The van der Waals surface area contributed by atoms with Gasteiger partial charge in [0.05, 0.1) is 7.11 Å². The maximum Gasteiger partial charge on any atom is 0.140 e. The monoisotopic (exact) mass is 424 g/mol. The molecule has 3 aromatic rings. The van der Waals surface area contributed by atoms with E-state index in [4.69, 9.17) is 4.74 Å². The van der Waals surface area contributed by atoms with Crippen LogP contribution in [0.4, 0.5) is 0 Å². The molecule has 2 aliphatic carbocycles. The smallest absolute Gasteiger partial charge is 0.140 e. The fraction of sp³-hybridized carbons (Fsp3) is 0.367. The SMILES string of the molecule is COc1ccc(C2CC(c3ccc4ccccc4c3)=CC2C(=O)CC2CCCCC2)cc1. The summed E-state index contributed by atoms with van der Waals surface area (Å²) in [5.74, 6) is 2.03. The first-order valence-electron chi connectivity index (χ1n) is 12.1. The minimum atomic E-state index is -0.0354. The van der Waals surface area contributed by atoms with Crippen LogP contribution in [0.2, 0.25) is 0 Å². The van der Waals surface area contributed by atoms with Gasteiger partial charge in [0.25, 0.3) is 0 Å². The molecule has 2 atom stereocenters. The lowest BCUT2D eigenvalue weighted by molar-refractivity contribution is -0.123. The first-order chi connectivity index (χ1) is 15.7. The van der Waals surface area contributed by atoms with Crippen LogP contribution in [0, 0.1) is 11.8 Å². The molecule has 1 fully saturated rings. The predicted octanol–water partition coefficient (Wildman–Crippen LogP) is 7.58. The van der Waals surface area contributed by atoms with Crippen molar-refractivity contribution in [3.63, 3.8) is 0 Å². The Morgan fingerprint density at radius 3 is 2.41 bits per heavy atom. The fourth-order valence-corrected chi connectivity index (χ4v) is 5.67. The van der Waals surface area contributed by atoms with E-state index in [0.29, 0.717) is 11.7 Å². The van der Waals surface area contributed by atoms with E-state index < -0.39 is 0 Å². The van der Waals surface area contributed by atoms with Gasteiger partial charge in [-0.05, 0) is 58.0 Å². The molecule has 0 heterocycles. The highest BCUT2D eigenvalue weighted by atomic mass is 16.5. The Morgan fingerprint density at radius 2 is 1.66 bits per heavy atom. The van der Waals surface area contributed by atoms with E-state index >= 15 is 0 Å². The first-order valence-corrected chi connectivity index (χ1v) is 12.1. The minimum absolute atomic E-state index is 0.0354. The molecule has 164 valence electrons. The van der Waals surface area contributed by atoms with Crippen LogP contribution in [0.5, 0.6) is 5.75 Å². The minimum Gasteiger partial charge on any atom is -0.497 e. The lowest BCUT2D eigenvalue weighted by Gasteiger charge is -2.24. The highest BCUT2D eigenvalue weighted by Gasteiger charge is 2.35. The van der Waals surface area contributed by atoms with Crippen LogP contribution in [-0.2, 0) is 4.79 Å². The third-order valence-electron chi connectivity index (χ3n) is 7.50. The molecule has 0 aromatic heterocycles. The second-order valence-corrected chi connectivity index (χ2v) is 9.54. The van der Waals surface area contributed by atoms with Crippen molar-refractivity contribution in [2.45, 2.75) is 50.9 Å². The van der Waals surface area contributed by atoms with Crippen LogP contribution < -0.4 is 4.74 Å². The number of methoxy groups -OCH3 is 1. The molecule has 0 N–H and O–H groups in total. The van der Waals surface area contributed by atoms with E-state index in [2.05, 4.69) is 60.7 Å². The molecule has 0 amide bonds. The summed E-state index contributed by atoms with van der Waals surface area (Å²) in [6.45, 7) is 0. The van der Waals surface area contributed by atoms with Crippen molar-refractivity contribution in [3.8, 4) is 5.75 Å². The molecule has 0 bridgehead atoms. The van der Waals surface area contributed by atoms with E-state index in [-0.39, 0.29) is 11.8 Å². The Labute approximate surface area is 191 Å². The molecule has 2 unspecified atom stereocenters. The van der Waals surface area contributed by atoms with Gasteiger partial charge in [-0.15, -0.1) is 0 Å². The van der Waals surface area contributed by atoms with Crippen LogP contribution in [0.25, 0.3) is 16.3 Å². The molecular formula is C30H32O2. The van der Waals surface area contributed by atoms with Crippen LogP contribution in [0.15, 0.2) is 72.8 Å². The number of ether oxygens (including phenoxy) is 1. The molecule has 2 aliphatic rings. The van der Waals surface area contributed by atoms with E-state index in [0.717, 1.165) is 18.6 Å². The number of benzene rings is 3. The largest absolute Gasteiger partial charge is 0.497 e. The fourth-order valence-electron chi connectivity index (χ4n) is 5.67. The second kappa shape index (κ2) is 9.32. The molecule has 0 spiro atoms. The Morgan fingerprint density at radius 1 is 0.906 bits per heavy atom. The van der Waals surface area contributed by atoms with Crippen LogP contribution >= 0.6 is 0 Å². The highest BCUT2D eigenvalue weighted by molar-refractivity contribution is 5.91. The lowest BCUT2D eigenvalue weighted by atomic mass is 9.79. The number of allylic oxidation sites excluding steroid dienone is 2. The van der Waals surface area contributed by atoms with Gasteiger partial charge in [0.1, 0.15) is 11.5 Å². The number of carbonyl (C=O) groups excluding carboxylic acids is 1. The van der Waals surface area contributed by atoms with Crippen molar-refractivity contribution in [2.75, 3.05) is 7.11 Å². The molecule has 0 aliphatic heterocycles. The average Bonchev–Trinajstić information content (AvgIpc) is 3.30. The first kappa shape index (κ1) is 21.0. The maximum atomic E-state index is 13.5. The van der Waals surface area contributed by atoms with E-state index in [1.54, 1.807) is 7.11 Å². The number of hydrogen-bond donors (Lipinski definition) is 0. The zero-order valence-corrected chi connectivity index (χ0v) is 18.9. The van der Waals surface area contributed by atoms with E-state index in [1.807, 2.05) is 12.1 Å². The van der Waals surface area contributed by atoms with Crippen molar-refractivity contribution in [3.05, 3.63) is 83.9 Å². The molecule has 0 radical (unpaired) electrons. The van der Waals surface area contributed by atoms with E-state index in [9.17, 15) is 4.79 Å². The Hall–Kier alpha value is -2.87. The van der Waals surface area contributed by atoms with Gasteiger partial charge in [0.2, 0.25) is 0 Å². The molecule has 2 heteroatoms. The van der Waals surface area contributed by atoms with Gasteiger partial charge in [0.15, 0.2) is 0 Å². The van der Waals surface area contributed by atoms with Gasteiger partial charge >= 0.3 is 0 Å². The van der Waals surface area contributed by atoms with Crippen LogP contribution in [0.1, 0.15) is 62.0 Å². The second-order valence-electron chi connectivity index (χ2n) is 9.54. The quantitative estimate of drug-likeness (QED) is 0.408. The number of rotatable bonds is 6. The van der Waals surface area contributed by atoms with Crippen molar-refractivity contribution < 1.29 is 9.53 Å². The average molecular weight is 425 g/mol. The Bertz CT molecular complexity index is 1120. The summed E-state index contributed by atoms with van der Waals surface area (Å²) in [5.41, 5.74) is 3.79. The van der Waals surface area contributed by atoms with Gasteiger partial charge < -0.3 is 4.74 Å². The number of Topliss-reactive ketones (excluding diaryl/α,β-unsaturated/α-hetero) is 1. The van der Waals surface area contributed by atoms with Gasteiger partial charge in [-0.3, -0.25) is 4.79 Å². The number of ketones is 1. The zero-order chi connectivity index (χ0) is 21.9. The molecule has 5 rings (SSSR count). The Balaban J connectivity index is 1.45. The van der Waals surface area contributed by atoms with Gasteiger partial charge in [-0.25, -0.2) is 0 Å². The van der Waals surface area contributed by atoms with Gasteiger partial charge in [-0.2, -0.15) is 0 Å². The van der Waals surface area contributed by atoms with Crippen molar-refractivity contribution >= 4 is 22.1 Å². The molecule has 0 saturated heterocycles. The molecular weight excluding hydrogens is 392 g/mol. The number of fused-ring (bicyclic) bond motifs is 1. The molecule has 1 saturated carbocycles. The summed E-state index contributed by atoms with van der Waals surface area (Å²) in [6.07, 6.45) is 10.2. The summed E-state index contributed by atoms with van der Waals surface area (Å²) < 4.78 is 5.36. The highest BCUT2D eigenvalue weighted by Crippen LogP contribution is 2.45. The summed E-state index contributed by atoms with van der Waals surface area (Å²) in [4.78, 5) is 13.5. The standard InChI is InChI=1S/C30H32O2/c1-32-27-15-13-23(14-16-27)28-19-26(25-12-11-22-9-5-6-10-24(22)18-25)20-29(28)30(31)17-21-7-3-2-4-8-21/h5-6,9-16,18,20-21,28-29H,2-4,7-8,17,19H2,1H3. The lowest BCUT2D eigenvalue weighted by Crippen LogP contribution is -2.21. The predicted molar refractivity (Wildman–Crippen MR) is 132 cm³/mol. The van der Waals surface area contributed by atoms with Crippen molar-refractivity contribution in [2.24, 2.45) is 11.8 Å². The summed E-state index contributed by atoms with van der Waals surface area (Å²) in [6, 6.07) is 23.5. The third kappa shape index (κ3) is 4.37. The summed E-state index contributed by atoms with van der Waals surface area (Å²) >= 11 is 0.